The molecule has 1 N–H and O–H groups in total. The van der Waals surface area contributed by atoms with E-state index in [-0.39, 0.29) is 17.1 Å². The van der Waals surface area contributed by atoms with Crippen LogP contribution in [0.2, 0.25) is 0 Å². The third-order valence-electron chi connectivity index (χ3n) is 4.40. The number of likely N-dealkylation sites (N-methyl/N-ethyl adjacent to an activating group) is 1. The summed E-state index contributed by atoms with van der Waals surface area (Å²) in [6, 6.07) is 6.26. The fourth-order valence-electron chi connectivity index (χ4n) is 2.82. The van der Waals surface area contributed by atoms with Crippen molar-refractivity contribution in [2.45, 2.75) is 6.92 Å². The highest BCUT2D eigenvalue weighted by molar-refractivity contribution is 6.04. The number of carbonyl (C=O) groups excluding carboxylic acids is 1. The van der Waals surface area contributed by atoms with Crippen molar-refractivity contribution in [1.29, 1.82) is 0 Å². The lowest BCUT2D eigenvalue weighted by Crippen LogP contribution is -2.44. The summed E-state index contributed by atoms with van der Waals surface area (Å²) < 4.78 is 0. The second kappa shape index (κ2) is 7.44. The van der Waals surface area contributed by atoms with Crippen molar-refractivity contribution in [2.75, 3.05) is 43.4 Å². The van der Waals surface area contributed by atoms with Crippen LogP contribution in [0.5, 0.6) is 0 Å². The summed E-state index contributed by atoms with van der Waals surface area (Å²) in [7, 11) is 2.06. The van der Waals surface area contributed by atoms with Crippen LogP contribution in [0.3, 0.4) is 0 Å². The molecule has 0 spiro atoms. The second-order valence-corrected chi connectivity index (χ2v) is 6.23. The molecule has 0 unspecified atom stereocenters. The number of rotatable bonds is 4. The average molecular weight is 356 g/mol. The number of benzene rings is 1. The van der Waals surface area contributed by atoms with Gasteiger partial charge in [-0.15, -0.1) is 0 Å². The molecule has 1 aromatic heterocycles. The zero-order valence-corrected chi connectivity index (χ0v) is 14.7. The van der Waals surface area contributed by atoms with Gasteiger partial charge in [0.2, 0.25) is 0 Å². The Morgan fingerprint density at radius 3 is 2.65 bits per heavy atom. The number of nitro groups is 1. The number of aryl methyl sites for hydroxylation is 1. The molecule has 1 saturated heterocycles. The van der Waals surface area contributed by atoms with Crippen molar-refractivity contribution in [1.82, 2.24) is 14.9 Å². The van der Waals surface area contributed by atoms with E-state index in [2.05, 4.69) is 32.1 Å². The highest BCUT2D eigenvalue weighted by Crippen LogP contribution is 2.28. The van der Waals surface area contributed by atoms with Gasteiger partial charge in [-0.2, -0.15) is 0 Å². The molecule has 9 nitrogen and oxygen atoms in total. The Bertz CT molecular complexity index is 833. The van der Waals surface area contributed by atoms with Crippen LogP contribution >= 0.6 is 0 Å². The molecular weight excluding hydrogens is 336 g/mol. The molecule has 0 saturated carbocycles. The maximum absolute atomic E-state index is 12.6. The molecule has 0 bridgehead atoms. The van der Waals surface area contributed by atoms with Crippen molar-refractivity contribution >= 4 is 23.1 Å². The van der Waals surface area contributed by atoms with E-state index in [1.54, 1.807) is 25.1 Å². The van der Waals surface area contributed by atoms with E-state index in [0.717, 1.165) is 26.2 Å². The van der Waals surface area contributed by atoms with Gasteiger partial charge < -0.3 is 15.1 Å². The van der Waals surface area contributed by atoms with E-state index in [1.165, 1.54) is 12.4 Å². The average Bonchev–Trinajstić information content (AvgIpc) is 2.64. The van der Waals surface area contributed by atoms with Crippen molar-refractivity contribution in [3.05, 3.63) is 52.0 Å². The van der Waals surface area contributed by atoms with E-state index < -0.39 is 10.8 Å². The first-order valence-corrected chi connectivity index (χ1v) is 8.26. The van der Waals surface area contributed by atoms with Crippen LogP contribution in [-0.2, 0) is 0 Å². The first-order valence-electron chi connectivity index (χ1n) is 8.26. The van der Waals surface area contributed by atoms with Gasteiger partial charge in [0.05, 0.1) is 4.92 Å². The number of nitrogens with zero attached hydrogens (tertiary/aromatic N) is 5. The molecule has 9 heteroatoms. The summed E-state index contributed by atoms with van der Waals surface area (Å²) >= 11 is 0. The van der Waals surface area contributed by atoms with E-state index in [0.29, 0.717) is 11.4 Å². The quantitative estimate of drug-likeness (QED) is 0.656. The minimum Gasteiger partial charge on any atom is -0.354 e. The van der Waals surface area contributed by atoms with E-state index in [9.17, 15) is 14.9 Å². The number of piperazine rings is 1. The smallest absolute Gasteiger partial charge is 0.293 e. The first kappa shape index (κ1) is 17.7. The summed E-state index contributed by atoms with van der Waals surface area (Å²) in [6.07, 6.45) is 1.34. The summed E-state index contributed by atoms with van der Waals surface area (Å²) in [5.74, 6) is 0.178. The Kier molecular flexibility index (Phi) is 5.08. The van der Waals surface area contributed by atoms with Gasteiger partial charge in [0.25, 0.3) is 11.6 Å². The van der Waals surface area contributed by atoms with Crippen LogP contribution in [-0.4, -0.2) is 58.9 Å². The normalized spacial score (nSPS) is 14.9. The lowest BCUT2D eigenvalue weighted by molar-refractivity contribution is -0.383. The topological polar surface area (TPSA) is 104 Å². The Morgan fingerprint density at radius 2 is 1.96 bits per heavy atom. The minimum atomic E-state index is -0.516. The Morgan fingerprint density at radius 1 is 1.23 bits per heavy atom. The van der Waals surface area contributed by atoms with E-state index in [4.69, 9.17) is 0 Å². The van der Waals surface area contributed by atoms with Crippen molar-refractivity contribution in [3.63, 3.8) is 0 Å². The highest BCUT2D eigenvalue weighted by Gasteiger charge is 2.21. The molecule has 1 aliphatic rings. The predicted molar refractivity (Wildman–Crippen MR) is 97.5 cm³/mol. The lowest BCUT2D eigenvalue weighted by Gasteiger charge is -2.33. The predicted octanol–water partition coefficient (Wildman–Crippen LogP) is 1.70. The number of anilines is 2. The molecule has 136 valence electrons. The van der Waals surface area contributed by atoms with Crippen LogP contribution in [0.15, 0.2) is 30.6 Å². The Labute approximate surface area is 150 Å². The third-order valence-corrected chi connectivity index (χ3v) is 4.40. The van der Waals surface area contributed by atoms with Crippen LogP contribution in [0.1, 0.15) is 16.1 Å². The van der Waals surface area contributed by atoms with Crippen LogP contribution < -0.4 is 10.2 Å². The van der Waals surface area contributed by atoms with Gasteiger partial charge >= 0.3 is 0 Å². The maximum atomic E-state index is 12.6. The third kappa shape index (κ3) is 3.77. The molecule has 1 aromatic carbocycles. The highest BCUT2D eigenvalue weighted by atomic mass is 16.6. The molecule has 26 heavy (non-hydrogen) atoms. The van der Waals surface area contributed by atoms with Gasteiger partial charge in [0, 0.05) is 38.3 Å². The lowest BCUT2D eigenvalue weighted by atomic mass is 10.1. The Balaban J connectivity index is 1.81. The van der Waals surface area contributed by atoms with Gasteiger partial charge in [-0.05, 0) is 19.5 Å². The molecular formula is C17H20N6O3. The first-order chi connectivity index (χ1) is 12.5. The SMILES string of the molecule is Cc1cccc([N+](=O)[O-])c1NC(=O)c1cc(N2CCN(C)CC2)ncn1. The zero-order valence-electron chi connectivity index (χ0n) is 14.7. The number of para-hydroxylation sites is 1. The summed E-state index contributed by atoms with van der Waals surface area (Å²) in [5, 5.41) is 13.8. The maximum Gasteiger partial charge on any atom is 0.293 e. The molecule has 1 aliphatic heterocycles. The summed E-state index contributed by atoms with van der Waals surface area (Å²) in [4.78, 5) is 35.8. The second-order valence-electron chi connectivity index (χ2n) is 6.23. The monoisotopic (exact) mass is 356 g/mol. The van der Waals surface area contributed by atoms with Gasteiger partial charge in [0.1, 0.15) is 23.5 Å². The number of hydrogen-bond acceptors (Lipinski definition) is 7. The fourth-order valence-corrected chi connectivity index (χ4v) is 2.82. The largest absolute Gasteiger partial charge is 0.354 e. The van der Waals surface area contributed by atoms with Crippen molar-refractivity contribution in [2.24, 2.45) is 0 Å². The molecule has 1 fully saturated rings. The van der Waals surface area contributed by atoms with Gasteiger partial charge in [-0.1, -0.05) is 12.1 Å². The molecule has 1 amide bonds. The summed E-state index contributed by atoms with van der Waals surface area (Å²) in [6.45, 7) is 5.18. The molecule has 0 aliphatic carbocycles. The van der Waals surface area contributed by atoms with Crippen molar-refractivity contribution in [3.8, 4) is 0 Å². The molecule has 3 rings (SSSR count). The number of carbonyl (C=O) groups is 1. The summed E-state index contributed by atoms with van der Waals surface area (Å²) in [5.41, 5.74) is 0.821. The molecule has 0 radical (unpaired) electrons. The number of amides is 1. The molecule has 2 heterocycles. The van der Waals surface area contributed by atoms with Crippen LogP contribution in [0.4, 0.5) is 17.2 Å². The van der Waals surface area contributed by atoms with Crippen LogP contribution in [0.25, 0.3) is 0 Å². The van der Waals surface area contributed by atoms with Crippen LogP contribution in [0, 0.1) is 17.0 Å². The number of hydrogen-bond donors (Lipinski definition) is 1. The standard InChI is InChI=1S/C17H20N6O3/c1-12-4-3-5-14(23(25)26)16(12)20-17(24)13-10-15(19-11-18-13)22-8-6-21(2)7-9-22/h3-5,10-11H,6-9H2,1-2H3,(H,20,24). The van der Waals surface area contributed by atoms with Crippen molar-refractivity contribution < 1.29 is 9.72 Å². The Hall–Kier alpha value is -3.07. The molecule has 0 atom stereocenters. The van der Waals surface area contributed by atoms with Gasteiger partial charge in [-0.25, -0.2) is 9.97 Å². The van der Waals surface area contributed by atoms with E-state index >= 15 is 0 Å². The number of nitro benzene ring substituents is 1. The molecule has 2 aromatic rings. The van der Waals surface area contributed by atoms with E-state index in [1.807, 2.05) is 0 Å². The zero-order chi connectivity index (χ0) is 18.7. The van der Waals surface area contributed by atoms with Gasteiger partial charge in [-0.3, -0.25) is 14.9 Å². The number of aromatic nitrogens is 2. The van der Waals surface area contributed by atoms with Gasteiger partial charge in [0.15, 0.2) is 0 Å². The number of nitrogens with one attached hydrogen (secondary N) is 1. The fraction of sp³-hybridized carbons (Fsp3) is 0.353. The minimum absolute atomic E-state index is 0.147.